The molecule has 0 aliphatic heterocycles. The molecule has 0 fully saturated rings. The van der Waals surface area contributed by atoms with Crippen molar-refractivity contribution in [3.8, 4) is 17.4 Å². The standard InChI is InChI=1S/C22H20F3N5O3/c1-29-12-11-26-18(29)15-9-10-17-16(13-15)27-20(32-2)30(17)22(33-3,21(23,24)25)28-19(31)14-7-5-4-6-8-14/h4-13H,1-3H3,(H,28,31). The fourth-order valence-electron chi connectivity index (χ4n) is 3.61. The van der Waals surface area contributed by atoms with Crippen molar-refractivity contribution in [1.82, 2.24) is 24.4 Å². The molecule has 0 radical (unpaired) electrons. The van der Waals surface area contributed by atoms with Crippen molar-refractivity contribution in [2.75, 3.05) is 14.2 Å². The first-order valence-corrected chi connectivity index (χ1v) is 9.76. The van der Waals surface area contributed by atoms with Crippen LogP contribution in [0.5, 0.6) is 6.01 Å². The van der Waals surface area contributed by atoms with E-state index in [1.165, 1.54) is 25.3 Å². The number of fused-ring (bicyclic) bond motifs is 1. The summed E-state index contributed by atoms with van der Waals surface area (Å²) >= 11 is 0. The lowest BCUT2D eigenvalue weighted by Gasteiger charge is -2.36. The molecule has 0 aliphatic rings. The second kappa shape index (κ2) is 8.24. The number of hydrogen-bond donors (Lipinski definition) is 1. The molecular formula is C22H20F3N5O3. The maximum atomic E-state index is 14.6. The summed E-state index contributed by atoms with van der Waals surface area (Å²) in [4.78, 5) is 21.2. The van der Waals surface area contributed by atoms with E-state index in [0.717, 1.165) is 7.11 Å². The lowest BCUT2D eigenvalue weighted by molar-refractivity contribution is -0.317. The van der Waals surface area contributed by atoms with Crippen LogP contribution in [0.25, 0.3) is 22.4 Å². The molecule has 2 heterocycles. The predicted octanol–water partition coefficient (Wildman–Crippen LogP) is 3.69. The largest absolute Gasteiger partial charge is 0.468 e. The van der Waals surface area contributed by atoms with Gasteiger partial charge in [0.2, 0.25) is 0 Å². The third kappa shape index (κ3) is 3.69. The molecule has 0 aliphatic carbocycles. The van der Waals surface area contributed by atoms with E-state index in [1.54, 1.807) is 54.3 Å². The zero-order valence-corrected chi connectivity index (χ0v) is 17.9. The Hall–Kier alpha value is -3.86. The fraction of sp³-hybridized carbons (Fsp3) is 0.227. The number of aryl methyl sites for hydroxylation is 1. The van der Waals surface area contributed by atoms with Crippen molar-refractivity contribution in [2.24, 2.45) is 7.05 Å². The number of rotatable bonds is 6. The third-order valence-electron chi connectivity index (χ3n) is 5.20. The number of carbonyl (C=O) groups excluding carboxylic acids is 1. The Morgan fingerprint density at radius 2 is 1.82 bits per heavy atom. The molecule has 0 saturated heterocycles. The maximum absolute atomic E-state index is 14.6. The number of alkyl halides is 3. The molecule has 8 nitrogen and oxygen atoms in total. The molecule has 4 aromatic rings. The van der Waals surface area contributed by atoms with Crippen LogP contribution >= 0.6 is 0 Å². The zero-order chi connectivity index (χ0) is 23.8. The highest BCUT2D eigenvalue weighted by atomic mass is 19.4. The smallest absolute Gasteiger partial charge is 0.459 e. The van der Waals surface area contributed by atoms with Gasteiger partial charge in [0.25, 0.3) is 5.91 Å². The van der Waals surface area contributed by atoms with Crippen LogP contribution in [0.4, 0.5) is 13.2 Å². The highest BCUT2D eigenvalue weighted by molar-refractivity contribution is 5.94. The minimum atomic E-state index is -5.08. The lowest BCUT2D eigenvalue weighted by Crippen LogP contribution is -2.61. The average molecular weight is 459 g/mol. The molecule has 0 spiro atoms. The summed E-state index contributed by atoms with van der Waals surface area (Å²) in [6, 6.07) is 11.8. The number of methoxy groups -OCH3 is 2. The Bertz CT molecular complexity index is 1300. The minimum absolute atomic E-state index is 0.0311. The van der Waals surface area contributed by atoms with Crippen molar-refractivity contribution in [3.63, 3.8) is 0 Å². The molecule has 4 rings (SSSR count). The van der Waals surface area contributed by atoms with Crippen molar-refractivity contribution in [1.29, 1.82) is 0 Å². The van der Waals surface area contributed by atoms with Gasteiger partial charge < -0.3 is 14.0 Å². The van der Waals surface area contributed by atoms with Crippen LogP contribution in [-0.4, -0.2) is 45.4 Å². The minimum Gasteiger partial charge on any atom is -0.468 e. The summed E-state index contributed by atoms with van der Waals surface area (Å²) in [6.07, 6.45) is -1.72. The van der Waals surface area contributed by atoms with E-state index in [1.807, 2.05) is 5.32 Å². The number of benzene rings is 2. The van der Waals surface area contributed by atoms with E-state index in [4.69, 9.17) is 9.47 Å². The van der Waals surface area contributed by atoms with Crippen LogP contribution < -0.4 is 10.1 Å². The fourth-order valence-corrected chi connectivity index (χ4v) is 3.61. The lowest BCUT2D eigenvalue weighted by atomic mass is 10.1. The van der Waals surface area contributed by atoms with Crippen LogP contribution in [0.15, 0.2) is 60.9 Å². The molecule has 33 heavy (non-hydrogen) atoms. The Labute approximate surface area is 186 Å². The van der Waals surface area contributed by atoms with Gasteiger partial charge in [-0.15, -0.1) is 0 Å². The highest BCUT2D eigenvalue weighted by Gasteiger charge is 2.61. The molecule has 11 heteroatoms. The topological polar surface area (TPSA) is 83.2 Å². The van der Waals surface area contributed by atoms with E-state index in [0.29, 0.717) is 16.0 Å². The van der Waals surface area contributed by atoms with Gasteiger partial charge in [0.1, 0.15) is 5.82 Å². The van der Waals surface area contributed by atoms with Gasteiger partial charge in [0.05, 0.1) is 18.1 Å². The first kappa shape index (κ1) is 22.3. The monoisotopic (exact) mass is 459 g/mol. The van der Waals surface area contributed by atoms with E-state index in [-0.39, 0.29) is 16.6 Å². The van der Waals surface area contributed by atoms with Crippen LogP contribution in [0.3, 0.4) is 0 Å². The van der Waals surface area contributed by atoms with Gasteiger partial charge in [-0.2, -0.15) is 18.2 Å². The van der Waals surface area contributed by atoms with Crippen LogP contribution in [-0.2, 0) is 17.6 Å². The molecule has 0 bridgehead atoms. The van der Waals surface area contributed by atoms with Crippen LogP contribution in [0, 0.1) is 0 Å². The van der Waals surface area contributed by atoms with E-state index < -0.39 is 23.9 Å². The summed E-state index contributed by atoms with van der Waals surface area (Å²) in [5.41, 5.74) is 0.915. The van der Waals surface area contributed by atoms with E-state index >= 15 is 0 Å². The number of nitrogens with zero attached hydrogens (tertiary/aromatic N) is 4. The van der Waals surface area contributed by atoms with Gasteiger partial charge in [-0.25, -0.2) is 9.55 Å². The van der Waals surface area contributed by atoms with Crippen molar-refractivity contribution in [2.45, 2.75) is 12.0 Å². The second-order valence-electron chi connectivity index (χ2n) is 7.17. The van der Waals surface area contributed by atoms with Gasteiger partial charge in [-0.05, 0) is 30.3 Å². The number of hydrogen-bond acceptors (Lipinski definition) is 5. The predicted molar refractivity (Wildman–Crippen MR) is 113 cm³/mol. The first-order chi connectivity index (χ1) is 15.7. The van der Waals surface area contributed by atoms with Crippen LogP contribution in [0.1, 0.15) is 10.4 Å². The highest BCUT2D eigenvalue weighted by Crippen LogP contribution is 2.41. The van der Waals surface area contributed by atoms with E-state index in [2.05, 4.69) is 9.97 Å². The number of amides is 1. The molecule has 172 valence electrons. The summed E-state index contributed by atoms with van der Waals surface area (Å²) < 4.78 is 56.3. The molecular weight excluding hydrogens is 439 g/mol. The van der Waals surface area contributed by atoms with Crippen molar-refractivity contribution in [3.05, 3.63) is 66.5 Å². The SMILES string of the molecule is COc1nc2cc(-c3nccn3C)ccc2n1C(NC(=O)c1ccccc1)(OC)C(F)(F)F. The molecule has 1 amide bonds. The average Bonchev–Trinajstić information content (AvgIpc) is 3.39. The van der Waals surface area contributed by atoms with Crippen LogP contribution in [0.2, 0.25) is 0 Å². The summed E-state index contributed by atoms with van der Waals surface area (Å²) in [6.45, 7) is 0. The van der Waals surface area contributed by atoms with Gasteiger partial charge in [-0.3, -0.25) is 10.1 Å². The van der Waals surface area contributed by atoms with Crippen molar-refractivity contribution >= 4 is 16.9 Å². The number of aromatic nitrogens is 4. The number of imidazole rings is 2. The zero-order valence-electron chi connectivity index (χ0n) is 17.9. The molecule has 1 unspecified atom stereocenters. The Balaban J connectivity index is 1.91. The summed E-state index contributed by atoms with van der Waals surface area (Å²) in [7, 11) is 3.84. The molecule has 2 aromatic carbocycles. The summed E-state index contributed by atoms with van der Waals surface area (Å²) in [5, 5.41) is 2.00. The maximum Gasteiger partial charge on any atom is 0.459 e. The number of carbonyl (C=O) groups is 1. The third-order valence-corrected chi connectivity index (χ3v) is 5.20. The molecule has 2 aromatic heterocycles. The Morgan fingerprint density at radius 1 is 1.09 bits per heavy atom. The number of nitrogens with one attached hydrogen (secondary N) is 1. The Morgan fingerprint density at radius 3 is 2.39 bits per heavy atom. The van der Waals surface area contributed by atoms with Gasteiger partial charge in [0, 0.05) is 37.7 Å². The van der Waals surface area contributed by atoms with E-state index in [9.17, 15) is 18.0 Å². The first-order valence-electron chi connectivity index (χ1n) is 9.76. The van der Waals surface area contributed by atoms with Crippen molar-refractivity contribution < 1.29 is 27.4 Å². The molecule has 0 saturated carbocycles. The number of halogens is 3. The molecule has 1 atom stereocenters. The van der Waals surface area contributed by atoms with Gasteiger partial charge >= 0.3 is 18.0 Å². The number of ether oxygens (including phenoxy) is 2. The van der Waals surface area contributed by atoms with Gasteiger partial charge in [-0.1, -0.05) is 18.2 Å². The second-order valence-corrected chi connectivity index (χ2v) is 7.17. The quantitative estimate of drug-likeness (QED) is 0.445. The normalized spacial score (nSPS) is 13.6. The Kier molecular flexibility index (Phi) is 5.58. The summed E-state index contributed by atoms with van der Waals surface area (Å²) in [5.74, 6) is -3.66. The van der Waals surface area contributed by atoms with Gasteiger partial charge in [0.15, 0.2) is 0 Å². The molecule has 1 N–H and O–H groups in total.